The monoisotopic (exact) mass is 279 g/mol. The Bertz CT molecular complexity index is 482. The first-order chi connectivity index (χ1) is 8.89. The van der Waals surface area contributed by atoms with Gasteiger partial charge in [-0.2, -0.15) is 0 Å². The number of carbonyl (C=O) groups is 1. The maximum Gasteiger partial charge on any atom is 0.159 e. The predicted molar refractivity (Wildman–Crippen MR) is 81.3 cm³/mol. The Balaban J connectivity index is 2.20. The highest BCUT2D eigenvalue weighted by Gasteiger charge is 2.24. The van der Waals surface area contributed by atoms with E-state index in [-0.39, 0.29) is 5.78 Å². The molecule has 3 heteroatoms. The van der Waals surface area contributed by atoms with Crippen LogP contribution in [-0.2, 0) is 0 Å². The van der Waals surface area contributed by atoms with Crippen molar-refractivity contribution in [1.29, 1.82) is 0 Å². The number of hydrogen-bond acceptors (Lipinski definition) is 2. The van der Waals surface area contributed by atoms with Gasteiger partial charge < -0.3 is 4.90 Å². The zero-order valence-electron chi connectivity index (χ0n) is 12.0. The largest absolute Gasteiger partial charge is 0.370 e. The van der Waals surface area contributed by atoms with Gasteiger partial charge in [0.2, 0.25) is 0 Å². The van der Waals surface area contributed by atoms with Crippen LogP contribution in [0.3, 0.4) is 0 Å². The van der Waals surface area contributed by atoms with Crippen LogP contribution in [0.1, 0.15) is 50.4 Å². The fraction of sp³-hybridized carbons (Fsp3) is 0.562. The van der Waals surface area contributed by atoms with E-state index < -0.39 is 0 Å². The lowest BCUT2D eigenvalue weighted by atomic mass is 9.85. The molecule has 1 saturated heterocycles. The molecule has 1 aliphatic heterocycles. The van der Waals surface area contributed by atoms with E-state index in [2.05, 4.69) is 18.7 Å². The summed E-state index contributed by atoms with van der Waals surface area (Å²) >= 11 is 6.34. The topological polar surface area (TPSA) is 20.3 Å². The predicted octanol–water partition coefficient (Wildman–Crippen LogP) is 4.56. The minimum atomic E-state index is 0.0606. The molecule has 0 atom stereocenters. The van der Waals surface area contributed by atoms with Crippen LogP contribution in [-0.4, -0.2) is 18.9 Å². The molecule has 0 aromatic heterocycles. The number of Topliss-reactive ketones (excluding diaryl/α,β-unsaturated/α-hetero) is 1. The Morgan fingerprint density at radius 1 is 1.26 bits per heavy atom. The molecule has 0 saturated carbocycles. The second kappa shape index (κ2) is 5.54. The van der Waals surface area contributed by atoms with Gasteiger partial charge in [0.15, 0.2) is 5.78 Å². The van der Waals surface area contributed by atoms with Crippen LogP contribution in [0.5, 0.6) is 0 Å². The number of nitrogens with zero attached hydrogens (tertiary/aromatic N) is 1. The molecule has 1 fully saturated rings. The molecule has 19 heavy (non-hydrogen) atoms. The van der Waals surface area contributed by atoms with Crippen molar-refractivity contribution in [2.45, 2.75) is 40.0 Å². The Morgan fingerprint density at radius 3 is 2.63 bits per heavy atom. The number of rotatable bonds is 2. The molecule has 0 aliphatic carbocycles. The van der Waals surface area contributed by atoms with Gasteiger partial charge in [0.25, 0.3) is 0 Å². The van der Waals surface area contributed by atoms with Gasteiger partial charge in [0.1, 0.15) is 0 Å². The molecule has 1 aromatic carbocycles. The zero-order valence-corrected chi connectivity index (χ0v) is 12.8. The van der Waals surface area contributed by atoms with Crippen molar-refractivity contribution in [3.05, 3.63) is 28.8 Å². The minimum Gasteiger partial charge on any atom is -0.370 e. The van der Waals surface area contributed by atoms with Gasteiger partial charge in [-0.15, -0.1) is 0 Å². The van der Waals surface area contributed by atoms with Crippen LogP contribution in [0.25, 0.3) is 0 Å². The summed E-state index contributed by atoms with van der Waals surface area (Å²) in [5, 5.41) is 0.687. The quantitative estimate of drug-likeness (QED) is 0.740. The molecule has 1 aromatic rings. The molecule has 1 heterocycles. The molecule has 2 rings (SSSR count). The summed E-state index contributed by atoms with van der Waals surface area (Å²) in [7, 11) is 0. The van der Waals surface area contributed by atoms with E-state index in [4.69, 9.17) is 11.6 Å². The molecule has 104 valence electrons. The number of hydrogen-bond donors (Lipinski definition) is 0. The van der Waals surface area contributed by atoms with Crippen LogP contribution < -0.4 is 4.90 Å². The average Bonchev–Trinajstić information content (AvgIpc) is 2.50. The number of benzene rings is 1. The highest BCUT2D eigenvalue weighted by molar-refractivity contribution is 6.33. The van der Waals surface area contributed by atoms with E-state index in [1.165, 1.54) is 19.3 Å². The van der Waals surface area contributed by atoms with Gasteiger partial charge in [0.05, 0.1) is 10.7 Å². The first-order valence-electron chi connectivity index (χ1n) is 6.94. The molecule has 0 unspecified atom stereocenters. The lowest BCUT2D eigenvalue weighted by Gasteiger charge is -2.25. The molecule has 0 bridgehead atoms. The fourth-order valence-electron chi connectivity index (χ4n) is 2.65. The van der Waals surface area contributed by atoms with Crippen LogP contribution in [0, 0.1) is 5.41 Å². The van der Waals surface area contributed by atoms with E-state index in [0.29, 0.717) is 16.0 Å². The standard InChI is InChI=1S/C16H22ClNO/c1-12(19)13-5-6-15(14(17)11-13)18-9-4-7-16(2,3)8-10-18/h5-6,11H,4,7-10H2,1-3H3. The highest BCUT2D eigenvalue weighted by Crippen LogP contribution is 2.34. The van der Waals surface area contributed by atoms with Gasteiger partial charge in [-0.3, -0.25) is 4.79 Å². The molecule has 0 spiro atoms. The molecule has 1 aliphatic rings. The lowest BCUT2D eigenvalue weighted by Crippen LogP contribution is -2.25. The number of carbonyl (C=O) groups excluding carboxylic acids is 1. The van der Waals surface area contributed by atoms with E-state index >= 15 is 0 Å². The second-order valence-corrected chi connectivity index (χ2v) is 6.63. The lowest BCUT2D eigenvalue weighted by molar-refractivity contribution is 0.101. The van der Waals surface area contributed by atoms with Crippen LogP contribution >= 0.6 is 11.6 Å². The smallest absolute Gasteiger partial charge is 0.159 e. The normalized spacial score (nSPS) is 19.1. The van der Waals surface area contributed by atoms with Crippen LogP contribution in [0.15, 0.2) is 18.2 Å². The van der Waals surface area contributed by atoms with E-state index in [9.17, 15) is 4.79 Å². The van der Waals surface area contributed by atoms with Gasteiger partial charge >= 0.3 is 0 Å². The number of ketones is 1. The molecule has 2 nitrogen and oxygen atoms in total. The van der Waals surface area contributed by atoms with Crippen molar-refractivity contribution >= 4 is 23.1 Å². The highest BCUT2D eigenvalue weighted by atomic mass is 35.5. The summed E-state index contributed by atoms with van der Waals surface area (Å²) in [6.45, 7) is 8.31. The maximum atomic E-state index is 11.4. The van der Waals surface area contributed by atoms with Gasteiger partial charge in [-0.05, 0) is 49.8 Å². The Kier molecular flexibility index (Phi) is 4.19. The van der Waals surface area contributed by atoms with Crippen molar-refractivity contribution < 1.29 is 4.79 Å². The molecular weight excluding hydrogens is 258 g/mol. The van der Waals surface area contributed by atoms with Gasteiger partial charge in [-0.1, -0.05) is 25.4 Å². The average molecular weight is 280 g/mol. The van der Waals surface area contributed by atoms with E-state index in [1.54, 1.807) is 13.0 Å². The van der Waals surface area contributed by atoms with Crippen LogP contribution in [0.2, 0.25) is 5.02 Å². The summed E-state index contributed by atoms with van der Waals surface area (Å²) in [5.74, 6) is 0.0606. The van der Waals surface area contributed by atoms with Crippen LogP contribution in [0.4, 0.5) is 5.69 Å². The summed E-state index contributed by atoms with van der Waals surface area (Å²) < 4.78 is 0. The first kappa shape index (κ1) is 14.4. The molecule has 0 amide bonds. The second-order valence-electron chi connectivity index (χ2n) is 6.23. The van der Waals surface area contributed by atoms with Crippen molar-refractivity contribution in [3.8, 4) is 0 Å². The van der Waals surface area contributed by atoms with Gasteiger partial charge in [0, 0.05) is 18.7 Å². The van der Waals surface area contributed by atoms with Gasteiger partial charge in [-0.25, -0.2) is 0 Å². The molecule has 0 radical (unpaired) electrons. The summed E-state index contributed by atoms with van der Waals surface area (Å²) in [4.78, 5) is 13.7. The zero-order chi connectivity index (χ0) is 14.0. The summed E-state index contributed by atoms with van der Waals surface area (Å²) in [6, 6.07) is 5.65. The van der Waals surface area contributed by atoms with Crippen molar-refractivity contribution in [2.75, 3.05) is 18.0 Å². The summed E-state index contributed by atoms with van der Waals surface area (Å²) in [5.41, 5.74) is 2.16. The van der Waals surface area contributed by atoms with Crippen molar-refractivity contribution in [3.63, 3.8) is 0 Å². The Labute approximate surface area is 120 Å². The van der Waals surface area contributed by atoms with Crippen molar-refractivity contribution in [2.24, 2.45) is 5.41 Å². The van der Waals surface area contributed by atoms with E-state index in [1.807, 2.05) is 12.1 Å². The molecule has 0 N–H and O–H groups in total. The summed E-state index contributed by atoms with van der Waals surface area (Å²) in [6.07, 6.45) is 3.63. The third-order valence-corrected chi connectivity index (χ3v) is 4.34. The van der Waals surface area contributed by atoms with E-state index in [0.717, 1.165) is 18.8 Å². The SMILES string of the molecule is CC(=O)c1ccc(N2CCCC(C)(C)CC2)c(Cl)c1. The van der Waals surface area contributed by atoms with Crippen molar-refractivity contribution in [1.82, 2.24) is 0 Å². The third kappa shape index (κ3) is 3.50. The third-order valence-electron chi connectivity index (χ3n) is 4.03. The maximum absolute atomic E-state index is 11.4. The first-order valence-corrected chi connectivity index (χ1v) is 7.32. The molecular formula is C16H22ClNO. The number of anilines is 1. The Hall–Kier alpha value is -1.02. The Morgan fingerprint density at radius 2 is 2.00 bits per heavy atom. The minimum absolute atomic E-state index is 0.0606. The number of halogens is 1. The fourth-order valence-corrected chi connectivity index (χ4v) is 2.95.